The Labute approximate surface area is 146 Å². The average molecular weight is 340 g/mol. The number of nitrogens with one attached hydrogen (secondary N) is 1. The molecule has 124 valence electrons. The van der Waals surface area contributed by atoms with E-state index in [9.17, 15) is 10.1 Å². The van der Waals surface area contributed by atoms with Crippen molar-refractivity contribution in [2.45, 2.75) is 31.7 Å². The molecule has 0 saturated heterocycles. The molecule has 1 aromatic heterocycles. The fraction of sp³-hybridized carbons (Fsp3) is 0.333. The van der Waals surface area contributed by atoms with Gasteiger partial charge in [-0.15, -0.1) is 0 Å². The highest BCUT2D eigenvalue weighted by Crippen LogP contribution is 2.21. The van der Waals surface area contributed by atoms with Crippen molar-refractivity contribution in [3.8, 4) is 6.07 Å². The van der Waals surface area contributed by atoms with Crippen LogP contribution >= 0.6 is 11.8 Å². The first-order chi connectivity index (χ1) is 11.6. The fourth-order valence-electron chi connectivity index (χ4n) is 2.26. The Balaban J connectivity index is 1.77. The number of carbonyl (C=O) groups is 1. The number of hydrogen-bond acceptors (Lipinski definition) is 5. The lowest BCUT2D eigenvalue weighted by atomic mass is 10.1. The predicted molar refractivity (Wildman–Crippen MR) is 94.7 cm³/mol. The van der Waals surface area contributed by atoms with Crippen LogP contribution < -0.4 is 5.32 Å². The molecule has 0 fully saturated rings. The molecule has 2 rings (SSSR count). The third-order valence-corrected chi connectivity index (χ3v) is 4.40. The number of nitriles is 1. The zero-order valence-corrected chi connectivity index (χ0v) is 14.7. The van der Waals surface area contributed by atoms with E-state index in [0.29, 0.717) is 28.7 Å². The number of aryl methyl sites for hydroxylation is 3. The molecular formula is C18H20N4OS. The lowest BCUT2D eigenvalue weighted by Crippen LogP contribution is -2.26. The quantitative estimate of drug-likeness (QED) is 0.476. The minimum absolute atomic E-state index is 0.0501. The van der Waals surface area contributed by atoms with E-state index in [1.165, 1.54) is 17.3 Å². The highest BCUT2D eigenvalue weighted by Gasteiger charge is 2.12. The van der Waals surface area contributed by atoms with Crippen molar-refractivity contribution in [1.29, 1.82) is 5.26 Å². The summed E-state index contributed by atoms with van der Waals surface area (Å²) in [4.78, 5) is 20.4. The van der Waals surface area contributed by atoms with Gasteiger partial charge in [0.15, 0.2) is 0 Å². The fourth-order valence-corrected chi connectivity index (χ4v) is 3.17. The van der Waals surface area contributed by atoms with E-state index in [1.54, 1.807) is 13.8 Å². The molecule has 5 nitrogen and oxygen atoms in total. The van der Waals surface area contributed by atoms with Gasteiger partial charge in [0, 0.05) is 6.54 Å². The zero-order chi connectivity index (χ0) is 17.4. The van der Waals surface area contributed by atoms with E-state index >= 15 is 0 Å². The monoisotopic (exact) mass is 340 g/mol. The third-order valence-electron chi connectivity index (χ3n) is 3.43. The van der Waals surface area contributed by atoms with Gasteiger partial charge in [0.25, 0.3) is 0 Å². The van der Waals surface area contributed by atoms with Gasteiger partial charge >= 0.3 is 0 Å². The van der Waals surface area contributed by atoms with Crippen LogP contribution in [-0.4, -0.2) is 28.2 Å². The molecule has 0 unspecified atom stereocenters. The number of carbonyl (C=O) groups excluding carboxylic acids is 1. The van der Waals surface area contributed by atoms with Gasteiger partial charge in [-0.1, -0.05) is 42.1 Å². The van der Waals surface area contributed by atoms with Crippen LogP contribution in [0.3, 0.4) is 0 Å². The van der Waals surface area contributed by atoms with E-state index in [-0.39, 0.29) is 11.7 Å². The van der Waals surface area contributed by atoms with E-state index in [1.807, 2.05) is 18.2 Å². The van der Waals surface area contributed by atoms with Gasteiger partial charge < -0.3 is 5.32 Å². The summed E-state index contributed by atoms with van der Waals surface area (Å²) < 4.78 is 0. The topological polar surface area (TPSA) is 78.7 Å². The molecule has 1 heterocycles. The molecule has 0 aliphatic rings. The lowest BCUT2D eigenvalue weighted by molar-refractivity contribution is -0.118. The van der Waals surface area contributed by atoms with E-state index in [0.717, 1.165) is 12.8 Å². The van der Waals surface area contributed by atoms with Crippen molar-refractivity contribution >= 4 is 17.7 Å². The molecule has 0 aliphatic carbocycles. The van der Waals surface area contributed by atoms with Gasteiger partial charge in [-0.25, -0.2) is 9.97 Å². The van der Waals surface area contributed by atoms with Crippen LogP contribution in [0.4, 0.5) is 0 Å². The Kier molecular flexibility index (Phi) is 6.76. The molecule has 2 aromatic rings. The summed E-state index contributed by atoms with van der Waals surface area (Å²) in [6.07, 6.45) is 1.84. The summed E-state index contributed by atoms with van der Waals surface area (Å²) in [5.41, 5.74) is 2.37. The number of aromatic nitrogens is 2. The second-order valence-corrected chi connectivity index (χ2v) is 6.34. The first-order valence-electron chi connectivity index (χ1n) is 7.79. The summed E-state index contributed by atoms with van der Waals surface area (Å²) >= 11 is 1.28. The second-order valence-electron chi connectivity index (χ2n) is 5.38. The Bertz CT molecular complexity index is 741. The first kappa shape index (κ1) is 18.0. The summed E-state index contributed by atoms with van der Waals surface area (Å²) in [6, 6.07) is 12.3. The van der Waals surface area contributed by atoms with Crippen LogP contribution in [0.2, 0.25) is 0 Å². The third kappa shape index (κ3) is 5.36. The molecule has 24 heavy (non-hydrogen) atoms. The second kappa shape index (κ2) is 9.04. The number of amides is 1. The minimum atomic E-state index is -0.0501. The van der Waals surface area contributed by atoms with Gasteiger partial charge in [-0.3, -0.25) is 4.79 Å². The summed E-state index contributed by atoms with van der Waals surface area (Å²) in [5, 5.41) is 12.7. The zero-order valence-electron chi connectivity index (χ0n) is 13.9. The van der Waals surface area contributed by atoms with Crippen LogP contribution in [0.25, 0.3) is 0 Å². The predicted octanol–water partition coefficient (Wildman–Crippen LogP) is 2.81. The molecule has 0 radical (unpaired) electrons. The Morgan fingerprint density at radius 1 is 1.25 bits per heavy atom. The molecule has 1 N–H and O–H groups in total. The molecule has 0 spiro atoms. The van der Waals surface area contributed by atoms with Crippen molar-refractivity contribution in [2.75, 3.05) is 12.3 Å². The smallest absolute Gasteiger partial charge is 0.230 e. The van der Waals surface area contributed by atoms with Gasteiger partial charge in [-0.05, 0) is 32.3 Å². The lowest BCUT2D eigenvalue weighted by Gasteiger charge is -2.07. The molecular weight excluding hydrogens is 320 g/mol. The van der Waals surface area contributed by atoms with Crippen molar-refractivity contribution in [1.82, 2.24) is 15.3 Å². The minimum Gasteiger partial charge on any atom is -0.355 e. The number of benzene rings is 1. The van der Waals surface area contributed by atoms with Crippen LogP contribution in [0, 0.1) is 25.2 Å². The number of nitrogens with zero attached hydrogens (tertiary/aromatic N) is 3. The van der Waals surface area contributed by atoms with Gasteiger partial charge in [-0.2, -0.15) is 5.26 Å². The average Bonchev–Trinajstić information content (AvgIpc) is 2.57. The normalized spacial score (nSPS) is 10.2. The van der Waals surface area contributed by atoms with Gasteiger partial charge in [0.05, 0.1) is 11.4 Å². The van der Waals surface area contributed by atoms with Gasteiger partial charge in [0.2, 0.25) is 5.91 Å². The van der Waals surface area contributed by atoms with E-state index in [4.69, 9.17) is 0 Å². The van der Waals surface area contributed by atoms with Crippen molar-refractivity contribution in [2.24, 2.45) is 0 Å². The number of thioether (sulfide) groups is 1. The first-order valence-corrected chi connectivity index (χ1v) is 8.77. The Morgan fingerprint density at radius 2 is 2.00 bits per heavy atom. The maximum atomic E-state index is 11.9. The Morgan fingerprint density at radius 3 is 2.71 bits per heavy atom. The molecule has 1 aromatic carbocycles. The molecule has 0 saturated carbocycles. The maximum Gasteiger partial charge on any atom is 0.230 e. The maximum absolute atomic E-state index is 11.9. The van der Waals surface area contributed by atoms with E-state index < -0.39 is 0 Å². The molecule has 0 aliphatic heterocycles. The molecule has 1 amide bonds. The van der Waals surface area contributed by atoms with Crippen molar-refractivity contribution in [3.63, 3.8) is 0 Å². The number of rotatable bonds is 7. The SMILES string of the molecule is Cc1nc(C)c(C#N)c(SCC(=O)NCCCc2ccccc2)n1. The van der Waals surface area contributed by atoms with Crippen molar-refractivity contribution < 1.29 is 4.79 Å². The molecule has 6 heteroatoms. The largest absolute Gasteiger partial charge is 0.355 e. The van der Waals surface area contributed by atoms with E-state index in [2.05, 4.69) is 33.5 Å². The van der Waals surface area contributed by atoms with Crippen LogP contribution in [0.1, 0.15) is 29.1 Å². The summed E-state index contributed by atoms with van der Waals surface area (Å²) in [5.74, 6) is 0.804. The highest BCUT2D eigenvalue weighted by atomic mass is 32.2. The van der Waals surface area contributed by atoms with Crippen LogP contribution in [0.5, 0.6) is 0 Å². The van der Waals surface area contributed by atoms with Crippen LogP contribution in [0.15, 0.2) is 35.4 Å². The summed E-state index contributed by atoms with van der Waals surface area (Å²) in [6.45, 7) is 4.20. The number of hydrogen-bond donors (Lipinski definition) is 1. The van der Waals surface area contributed by atoms with Gasteiger partial charge in [0.1, 0.15) is 22.5 Å². The molecule has 0 bridgehead atoms. The van der Waals surface area contributed by atoms with Crippen molar-refractivity contribution in [3.05, 3.63) is 53.0 Å². The van der Waals surface area contributed by atoms with Crippen LogP contribution in [-0.2, 0) is 11.2 Å². The molecule has 0 atom stereocenters. The Hall–Kier alpha value is -2.39. The summed E-state index contributed by atoms with van der Waals surface area (Å²) in [7, 11) is 0. The standard InChI is InChI=1S/C18H20N4OS/c1-13-16(11-19)18(22-14(2)21-13)24-12-17(23)20-10-6-9-15-7-4-3-5-8-15/h3-5,7-8H,6,9-10,12H2,1-2H3,(H,20,23). The highest BCUT2D eigenvalue weighted by molar-refractivity contribution is 8.00.